The van der Waals surface area contributed by atoms with Crippen molar-refractivity contribution in [3.05, 3.63) is 159 Å². The Labute approximate surface area is 208 Å². The molecule has 4 rings (SSSR count). The Morgan fingerprint density at radius 3 is 0.500 bits per heavy atom. The Kier molecular flexibility index (Phi) is 42.7. The number of benzene rings is 4. The van der Waals surface area contributed by atoms with Gasteiger partial charge in [-0.2, -0.15) is 146 Å². The standard InChI is InChI=1S/4C6H5.2CN.Pd.Zn/c4*1-2-4-6-5-3-1;2*1-2;;/h4*1-5H;;;;/q6*-1;;+2. The summed E-state index contributed by atoms with van der Waals surface area (Å²) in [6.07, 6.45) is 0. The van der Waals surface area contributed by atoms with Crippen LogP contribution in [0.1, 0.15) is 0 Å². The average molecular weight is 532 g/mol. The second-order valence-corrected chi connectivity index (χ2v) is 4.31. The van der Waals surface area contributed by atoms with Crippen molar-refractivity contribution in [2.24, 2.45) is 0 Å². The summed E-state index contributed by atoms with van der Waals surface area (Å²) in [5, 5.41) is 12.5. The van der Waals surface area contributed by atoms with E-state index in [1.807, 2.05) is 121 Å². The van der Waals surface area contributed by atoms with Crippen LogP contribution in [0.15, 0.2) is 121 Å². The first-order chi connectivity index (χ1) is 14.0. The third-order valence-corrected chi connectivity index (χ3v) is 2.43. The summed E-state index contributed by atoms with van der Waals surface area (Å²) in [7, 11) is 0. The molecule has 2 nitrogen and oxygen atoms in total. The fourth-order valence-electron chi connectivity index (χ4n) is 1.37. The van der Waals surface area contributed by atoms with Gasteiger partial charge in [0.2, 0.25) is 0 Å². The third-order valence-electron chi connectivity index (χ3n) is 2.43. The topological polar surface area (TPSA) is 47.6 Å². The van der Waals surface area contributed by atoms with Gasteiger partial charge in [0, 0.05) is 20.4 Å². The molecule has 4 aromatic carbocycles. The maximum Gasteiger partial charge on any atom is 2.00 e. The third kappa shape index (κ3) is 32.8. The van der Waals surface area contributed by atoms with E-state index in [1.165, 1.54) is 0 Å². The van der Waals surface area contributed by atoms with Crippen LogP contribution in [0, 0.1) is 47.9 Å². The monoisotopic (exact) mass is 530 g/mol. The van der Waals surface area contributed by atoms with Gasteiger partial charge in [0.1, 0.15) is 0 Å². The quantitative estimate of drug-likeness (QED) is 0.202. The molecule has 0 N–H and O–H groups in total. The van der Waals surface area contributed by atoms with E-state index in [0.29, 0.717) is 0 Å². The summed E-state index contributed by atoms with van der Waals surface area (Å²) in [6.45, 7) is 9.50. The van der Waals surface area contributed by atoms with E-state index < -0.39 is 0 Å². The van der Waals surface area contributed by atoms with Crippen LogP contribution in [0.5, 0.6) is 0 Å². The maximum absolute atomic E-state index is 6.25. The van der Waals surface area contributed by atoms with Gasteiger partial charge in [-0.25, -0.2) is 0 Å². The van der Waals surface area contributed by atoms with Gasteiger partial charge in [0.15, 0.2) is 0 Å². The van der Waals surface area contributed by atoms with Gasteiger partial charge >= 0.3 is 19.5 Å². The summed E-state index contributed by atoms with van der Waals surface area (Å²) < 4.78 is 0. The molecule has 0 aromatic heterocycles. The van der Waals surface area contributed by atoms with E-state index >= 15 is 0 Å². The molecule has 0 bridgehead atoms. The minimum absolute atomic E-state index is 0. The molecule has 0 unspecified atom stereocenters. The molecular formula is C26H20N2PdZn-4. The van der Waals surface area contributed by atoms with Crippen molar-refractivity contribution in [2.45, 2.75) is 0 Å². The fraction of sp³-hybridized carbons (Fsp3) is 0. The molecule has 30 heavy (non-hydrogen) atoms. The largest absolute Gasteiger partial charge is 2.00 e. The van der Waals surface area contributed by atoms with Crippen LogP contribution >= 0.6 is 0 Å². The summed E-state index contributed by atoms with van der Waals surface area (Å²) in [5.74, 6) is 0. The zero-order chi connectivity index (χ0) is 21.0. The first-order valence-electron chi connectivity index (χ1n) is 8.09. The van der Waals surface area contributed by atoms with Crippen molar-refractivity contribution in [2.75, 3.05) is 0 Å². The number of rotatable bonds is 0. The van der Waals surface area contributed by atoms with E-state index in [-0.39, 0.29) is 39.9 Å². The Morgan fingerprint density at radius 2 is 0.467 bits per heavy atom. The molecule has 0 aliphatic rings. The zero-order valence-electron chi connectivity index (χ0n) is 16.5. The van der Waals surface area contributed by atoms with Crippen LogP contribution < -0.4 is 0 Å². The summed E-state index contributed by atoms with van der Waals surface area (Å²) in [6, 6.07) is 50.0. The minimum Gasteiger partial charge on any atom is -0.512 e. The zero-order valence-corrected chi connectivity index (χ0v) is 21.0. The molecule has 0 aliphatic carbocycles. The molecule has 0 atom stereocenters. The molecule has 0 radical (unpaired) electrons. The van der Waals surface area contributed by atoms with Crippen molar-refractivity contribution < 1.29 is 39.9 Å². The van der Waals surface area contributed by atoms with Gasteiger partial charge < -0.3 is 23.7 Å². The predicted octanol–water partition coefficient (Wildman–Crippen LogP) is 6.13. The average Bonchev–Trinajstić information content (AvgIpc) is 2.87. The van der Waals surface area contributed by atoms with Crippen LogP contribution in [0.4, 0.5) is 0 Å². The van der Waals surface area contributed by atoms with Crippen molar-refractivity contribution in [1.29, 1.82) is 10.5 Å². The molecule has 0 amide bonds. The van der Waals surface area contributed by atoms with E-state index in [0.717, 1.165) is 0 Å². The first-order valence-corrected chi connectivity index (χ1v) is 8.09. The van der Waals surface area contributed by atoms with Gasteiger partial charge in [-0.3, -0.25) is 0 Å². The minimum atomic E-state index is 0. The van der Waals surface area contributed by atoms with Crippen LogP contribution in [0.2, 0.25) is 0 Å². The van der Waals surface area contributed by atoms with E-state index in [4.69, 9.17) is 23.7 Å². The van der Waals surface area contributed by atoms with E-state index in [1.54, 1.807) is 0 Å². The van der Waals surface area contributed by atoms with Crippen LogP contribution in [-0.2, 0) is 39.9 Å². The summed E-state index contributed by atoms with van der Waals surface area (Å²) in [5.41, 5.74) is 0. The van der Waals surface area contributed by atoms with Gasteiger partial charge in [-0.05, 0) is 0 Å². The second kappa shape index (κ2) is 37.0. The second-order valence-electron chi connectivity index (χ2n) is 4.31. The van der Waals surface area contributed by atoms with Crippen molar-refractivity contribution >= 4 is 0 Å². The molecule has 0 heterocycles. The molecule has 0 fully saturated rings. The van der Waals surface area contributed by atoms with Crippen LogP contribution in [0.3, 0.4) is 0 Å². The predicted molar refractivity (Wildman–Crippen MR) is 111 cm³/mol. The first kappa shape index (κ1) is 34.6. The fourth-order valence-corrected chi connectivity index (χ4v) is 1.37. The van der Waals surface area contributed by atoms with Gasteiger partial charge in [0.05, 0.1) is 0 Å². The van der Waals surface area contributed by atoms with Gasteiger partial charge in [0.25, 0.3) is 0 Å². The summed E-state index contributed by atoms with van der Waals surface area (Å²) in [4.78, 5) is 0. The summed E-state index contributed by atoms with van der Waals surface area (Å²) >= 11 is 0. The maximum atomic E-state index is 6.25. The molecule has 0 saturated heterocycles. The molecule has 0 aliphatic heterocycles. The van der Waals surface area contributed by atoms with E-state index in [9.17, 15) is 0 Å². The molecule has 4 heteroatoms. The van der Waals surface area contributed by atoms with E-state index in [2.05, 4.69) is 24.3 Å². The molecule has 0 spiro atoms. The molecular weight excluding hydrogens is 512 g/mol. The van der Waals surface area contributed by atoms with Crippen LogP contribution in [0.25, 0.3) is 0 Å². The van der Waals surface area contributed by atoms with Crippen molar-refractivity contribution in [1.82, 2.24) is 0 Å². The SMILES string of the molecule is [C-]#N.[C-]#N.[Pd].[Zn+2].[c-]1ccccc1.[c-]1ccccc1.[c-]1ccccc1.[c-]1ccccc1. The Balaban J connectivity index is -0.000000139. The normalized spacial score (nSPS) is 6.53. The van der Waals surface area contributed by atoms with Gasteiger partial charge in [-0.1, -0.05) is 0 Å². The Bertz CT molecular complexity index is 511. The van der Waals surface area contributed by atoms with Crippen LogP contribution in [-0.4, -0.2) is 0 Å². The number of hydrogen-bond acceptors (Lipinski definition) is 2. The van der Waals surface area contributed by atoms with Crippen molar-refractivity contribution in [3.63, 3.8) is 0 Å². The number of hydrogen-bond donors (Lipinski definition) is 0. The molecule has 0 saturated carbocycles. The number of nitrogens with zero attached hydrogens (tertiary/aromatic N) is 2. The smallest absolute Gasteiger partial charge is 0.512 e. The molecule has 150 valence electrons. The van der Waals surface area contributed by atoms with Gasteiger partial charge in [-0.15, -0.1) is 0 Å². The molecule has 4 aromatic rings. The Morgan fingerprint density at radius 1 is 0.333 bits per heavy atom. The Hall–Kier alpha value is -2.85. The van der Waals surface area contributed by atoms with Crippen molar-refractivity contribution in [3.8, 4) is 0 Å².